The number of phenolic OH excluding ortho intramolecular Hbond substituents is 2. The minimum atomic E-state index is -0.617. The number of ether oxygens (including phenoxy) is 1. The van der Waals surface area contributed by atoms with Crippen LogP contribution in [0.4, 0.5) is 0 Å². The lowest BCUT2D eigenvalue weighted by molar-refractivity contribution is 0.103. The Balaban J connectivity index is 1.58. The lowest BCUT2D eigenvalue weighted by Crippen LogP contribution is -2.37. The molecule has 0 spiro atoms. The molecule has 3 aromatic rings. The predicted octanol–water partition coefficient (Wildman–Crippen LogP) is 4.04. The van der Waals surface area contributed by atoms with Gasteiger partial charge in [-0.2, -0.15) is 0 Å². The Labute approximate surface area is 177 Å². The second kappa shape index (κ2) is 10.7. The molecule has 158 valence electrons. The van der Waals surface area contributed by atoms with Crippen molar-refractivity contribution in [1.29, 1.82) is 0 Å². The van der Waals surface area contributed by atoms with E-state index in [0.717, 1.165) is 23.3 Å². The summed E-state index contributed by atoms with van der Waals surface area (Å²) in [6.45, 7) is 2.73. The Morgan fingerprint density at radius 2 is 1.33 bits per heavy atom. The maximum Gasteiger partial charge on any atom is 0.119 e. The minimum absolute atomic E-state index is 0.0893. The van der Waals surface area contributed by atoms with Gasteiger partial charge in [-0.25, -0.2) is 0 Å². The summed E-state index contributed by atoms with van der Waals surface area (Å²) in [7, 11) is 0. The normalized spacial score (nSPS) is 13.2. The standard InChI is InChI=1S/C25H29NO4/c1-18(26-16-23(29)17-30-24-5-3-2-4-6-24)15-25(19-7-11-21(27)12-8-19)20-9-13-22(28)14-10-20/h2-14,18,23,25-29H,15-17H2,1H3. The molecule has 0 amide bonds. The Bertz CT molecular complexity index is 836. The average molecular weight is 408 g/mol. The summed E-state index contributed by atoms with van der Waals surface area (Å²) in [5.74, 6) is 1.29. The first kappa shape index (κ1) is 21.7. The van der Waals surface area contributed by atoms with E-state index in [1.807, 2.05) is 54.6 Å². The van der Waals surface area contributed by atoms with Gasteiger partial charge in [0.1, 0.15) is 30.0 Å². The van der Waals surface area contributed by atoms with Gasteiger partial charge in [0.25, 0.3) is 0 Å². The molecule has 0 aliphatic heterocycles. The van der Waals surface area contributed by atoms with E-state index < -0.39 is 6.10 Å². The summed E-state index contributed by atoms with van der Waals surface area (Å²) in [5.41, 5.74) is 2.17. The Morgan fingerprint density at radius 1 is 0.800 bits per heavy atom. The van der Waals surface area contributed by atoms with E-state index in [4.69, 9.17) is 4.74 Å². The molecule has 5 nitrogen and oxygen atoms in total. The van der Waals surface area contributed by atoms with Crippen LogP contribution in [-0.4, -0.2) is 40.6 Å². The number of phenols is 2. The average Bonchev–Trinajstić information content (AvgIpc) is 2.77. The van der Waals surface area contributed by atoms with Gasteiger partial charge in [-0.1, -0.05) is 42.5 Å². The molecule has 0 aliphatic rings. The molecular formula is C25H29NO4. The van der Waals surface area contributed by atoms with Gasteiger partial charge >= 0.3 is 0 Å². The number of hydrogen-bond acceptors (Lipinski definition) is 5. The number of hydrogen-bond donors (Lipinski definition) is 4. The van der Waals surface area contributed by atoms with E-state index in [1.165, 1.54) is 0 Å². The van der Waals surface area contributed by atoms with Crippen molar-refractivity contribution in [2.75, 3.05) is 13.2 Å². The maximum atomic E-state index is 10.2. The molecule has 0 saturated heterocycles. The Morgan fingerprint density at radius 3 is 1.87 bits per heavy atom. The zero-order valence-electron chi connectivity index (χ0n) is 17.1. The Hall–Kier alpha value is -3.02. The molecule has 2 atom stereocenters. The van der Waals surface area contributed by atoms with Crippen molar-refractivity contribution in [2.24, 2.45) is 0 Å². The molecule has 0 saturated carbocycles. The van der Waals surface area contributed by atoms with Gasteiger partial charge in [-0.05, 0) is 60.9 Å². The van der Waals surface area contributed by atoms with Crippen LogP contribution in [-0.2, 0) is 0 Å². The van der Waals surface area contributed by atoms with E-state index in [0.29, 0.717) is 6.54 Å². The zero-order chi connectivity index (χ0) is 21.3. The first-order valence-corrected chi connectivity index (χ1v) is 10.2. The lowest BCUT2D eigenvalue weighted by atomic mass is 9.86. The van der Waals surface area contributed by atoms with Crippen LogP contribution >= 0.6 is 0 Å². The van der Waals surface area contributed by atoms with Crippen LogP contribution in [0.15, 0.2) is 78.9 Å². The van der Waals surface area contributed by atoms with Gasteiger partial charge in [0.05, 0.1) is 0 Å². The van der Waals surface area contributed by atoms with Crippen molar-refractivity contribution >= 4 is 0 Å². The second-order valence-corrected chi connectivity index (χ2v) is 7.56. The van der Waals surface area contributed by atoms with Crippen molar-refractivity contribution in [3.63, 3.8) is 0 Å². The van der Waals surface area contributed by atoms with Crippen LogP contribution in [0.3, 0.4) is 0 Å². The van der Waals surface area contributed by atoms with Crippen LogP contribution in [0.5, 0.6) is 17.2 Å². The van der Waals surface area contributed by atoms with Crippen molar-refractivity contribution < 1.29 is 20.1 Å². The van der Waals surface area contributed by atoms with E-state index in [1.54, 1.807) is 24.3 Å². The summed E-state index contributed by atoms with van der Waals surface area (Å²) in [6.07, 6.45) is 0.176. The van der Waals surface area contributed by atoms with Crippen molar-refractivity contribution in [2.45, 2.75) is 31.4 Å². The van der Waals surface area contributed by atoms with E-state index in [9.17, 15) is 15.3 Å². The fraction of sp³-hybridized carbons (Fsp3) is 0.280. The van der Waals surface area contributed by atoms with E-state index in [2.05, 4.69) is 12.2 Å². The monoisotopic (exact) mass is 407 g/mol. The summed E-state index contributed by atoms with van der Waals surface area (Å²) >= 11 is 0. The summed E-state index contributed by atoms with van der Waals surface area (Å²) in [6, 6.07) is 24.0. The number of nitrogens with one attached hydrogen (secondary N) is 1. The predicted molar refractivity (Wildman–Crippen MR) is 118 cm³/mol. The number of benzene rings is 3. The number of para-hydroxylation sites is 1. The Kier molecular flexibility index (Phi) is 7.71. The van der Waals surface area contributed by atoms with Gasteiger partial charge in [-0.3, -0.25) is 0 Å². The molecule has 30 heavy (non-hydrogen) atoms. The first-order chi connectivity index (χ1) is 14.5. The van der Waals surface area contributed by atoms with Gasteiger partial charge in [0.15, 0.2) is 0 Å². The van der Waals surface area contributed by atoms with Crippen molar-refractivity contribution in [1.82, 2.24) is 5.32 Å². The third-order valence-corrected chi connectivity index (χ3v) is 5.07. The molecule has 0 fully saturated rings. The lowest BCUT2D eigenvalue weighted by Gasteiger charge is -2.24. The molecule has 3 rings (SSSR count). The van der Waals surface area contributed by atoms with Crippen LogP contribution in [0.2, 0.25) is 0 Å². The molecule has 3 aromatic carbocycles. The van der Waals surface area contributed by atoms with Crippen LogP contribution < -0.4 is 10.1 Å². The molecule has 4 N–H and O–H groups in total. The number of aromatic hydroxyl groups is 2. The highest BCUT2D eigenvalue weighted by atomic mass is 16.5. The maximum absolute atomic E-state index is 10.2. The molecule has 0 bridgehead atoms. The highest BCUT2D eigenvalue weighted by molar-refractivity contribution is 5.37. The number of rotatable bonds is 10. The molecular weight excluding hydrogens is 378 g/mol. The van der Waals surface area contributed by atoms with Crippen LogP contribution in [0, 0.1) is 0 Å². The largest absolute Gasteiger partial charge is 0.508 e. The number of aliphatic hydroxyl groups is 1. The topological polar surface area (TPSA) is 82.0 Å². The van der Waals surface area contributed by atoms with Crippen molar-refractivity contribution in [3.8, 4) is 17.2 Å². The minimum Gasteiger partial charge on any atom is -0.508 e. The summed E-state index contributed by atoms with van der Waals surface area (Å²) in [5, 5.41) is 32.9. The quantitative estimate of drug-likeness (QED) is 0.408. The van der Waals surface area contributed by atoms with Crippen LogP contribution in [0.25, 0.3) is 0 Å². The van der Waals surface area contributed by atoms with Gasteiger partial charge < -0.3 is 25.4 Å². The van der Waals surface area contributed by atoms with Gasteiger partial charge in [0, 0.05) is 18.5 Å². The van der Waals surface area contributed by atoms with Gasteiger partial charge in [0.2, 0.25) is 0 Å². The molecule has 0 aliphatic carbocycles. The fourth-order valence-electron chi connectivity index (χ4n) is 3.42. The van der Waals surface area contributed by atoms with E-state index in [-0.39, 0.29) is 30.1 Å². The number of aliphatic hydroxyl groups excluding tert-OH is 1. The third-order valence-electron chi connectivity index (χ3n) is 5.07. The second-order valence-electron chi connectivity index (χ2n) is 7.56. The smallest absolute Gasteiger partial charge is 0.119 e. The third kappa shape index (κ3) is 6.51. The highest BCUT2D eigenvalue weighted by Gasteiger charge is 2.18. The fourth-order valence-corrected chi connectivity index (χ4v) is 3.42. The molecule has 0 radical (unpaired) electrons. The molecule has 0 aromatic heterocycles. The zero-order valence-corrected chi connectivity index (χ0v) is 17.1. The van der Waals surface area contributed by atoms with Crippen LogP contribution in [0.1, 0.15) is 30.4 Å². The SMILES string of the molecule is CC(CC(c1ccc(O)cc1)c1ccc(O)cc1)NCC(O)COc1ccccc1. The first-order valence-electron chi connectivity index (χ1n) is 10.2. The molecule has 2 unspecified atom stereocenters. The molecule has 0 heterocycles. The summed E-state index contributed by atoms with van der Waals surface area (Å²) in [4.78, 5) is 0. The van der Waals surface area contributed by atoms with Crippen molar-refractivity contribution in [3.05, 3.63) is 90.0 Å². The van der Waals surface area contributed by atoms with E-state index >= 15 is 0 Å². The molecule has 5 heteroatoms. The summed E-state index contributed by atoms with van der Waals surface area (Å²) < 4.78 is 5.60. The van der Waals surface area contributed by atoms with Gasteiger partial charge in [-0.15, -0.1) is 0 Å². The highest BCUT2D eigenvalue weighted by Crippen LogP contribution is 2.31.